The molecule has 104 valence electrons. The molecule has 1 heterocycles. The third-order valence-corrected chi connectivity index (χ3v) is 5.72. The second-order valence-corrected chi connectivity index (χ2v) is 6.96. The minimum absolute atomic E-state index is 0.145. The fraction of sp³-hybridized carbons (Fsp3) is 0.438. The van der Waals surface area contributed by atoms with Crippen LogP contribution in [-0.4, -0.2) is 16.1 Å². The maximum atomic E-state index is 10.0. The number of fused-ring (bicyclic) bond motifs is 2. The smallest absolute Gasteiger partial charge is 0.232 e. The van der Waals surface area contributed by atoms with Gasteiger partial charge in [0.15, 0.2) is 5.13 Å². The lowest BCUT2D eigenvalue weighted by molar-refractivity contribution is 0.437. The van der Waals surface area contributed by atoms with Crippen LogP contribution in [0.5, 0.6) is 5.88 Å². The Bertz CT molecular complexity index is 610. The molecule has 0 aliphatic heterocycles. The summed E-state index contributed by atoms with van der Waals surface area (Å²) in [5, 5.41) is 14.5. The van der Waals surface area contributed by atoms with Gasteiger partial charge in [-0.05, 0) is 36.7 Å². The number of aromatic nitrogens is 1. The summed E-state index contributed by atoms with van der Waals surface area (Å²) < 4.78 is 0. The topological polar surface area (TPSA) is 45.2 Å². The molecule has 2 aliphatic rings. The van der Waals surface area contributed by atoms with Crippen molar-refractivity contribution in [2.75, 3.05) is 5.32 Å². The van der Waals surface area contributed by atoms with Crippen molar-refractivity contribution in [1.29, 1.82) is 0 Å². The van der Waals surface area contributed by atoms with E-state index in [2.05, 4.69) is 10.3 Å². The van der Waals surface area contributed by atoms with Crippen LogP contribution in [0.2, 0.25) is 0 Å². The minimum Gasteiger partial charge on any atom is -0.492 e. The molecule has 0 saturated heterocycles. The van der Waals surface area contributed by atoms with E-state index >= 15 is 0 Å². The van der Waals surface area contributed by atoms with Gasteiger partial charge in [0.05, 0.1) is 4.88 Å². The first-order chi connectivity index (χ1) is 9.79. The predicted octanol–water partition coefficient (Wildman–Crippen LogP) is 4.12. The molecule has 3 atom stereocenters. The highest BCUT2D eigenvalue weighted by Gasteiger charge is 2.39. The van der Waals surface area contributed by atoms with E-state index in [1.54, 1.807) is 11.3 Å². The number of aromatic hydroxyl groups is 1. The highest BCUT2D eigenvalue weighted by Crippen LogP contribution is 2.46. The molecule has 2 bridgehead atoms. The summed E-state index contributed by atoms with van der Waals surface area (Å²) in [7, 11) is 0. The number of hydrogen-bond acceptors (Lipinski definition) is 4. The molecular weight excluding hydrogens is 268 g/mol. The number of nitrogens with zero attached hydrogens (tertiary/aromatic N) is 1. The fourth-order valence-electron chi connectivity index (χ4n) is 3.73. The van der Waals surface area contributed by atoms with Crippen LogP contribution in [0.4, 0.5) is 5.13 Å². The molecule has 3 nitrogen and oxygen atoms in total. The first-order valence-corrected chi connectivity index (χ1v) is 8.13. The Hall–Kier alpha value is -1.55. The summed E-state index contributed by atoms with van der Waals surface area (Å²) >= 11 is 1.55. The van der Waals surface area contributed by atoms with Crippen molar-refractivity contribution in [2.45, 2.75) is 31.7 Å². The molecule has 3 unspecified atom stereocenters. The lowest BCUT2D eigenvalue weighted by Crippen LogP contribution is -2.25. The van der Waals surface area contributed by atoms with Gasteiger partial charge in [0.1, 0.15) is 0 Å². The molecule has 1 aromatic carbocycles. The first kappa shape index (κ1) is 12.2. The number of anilines is 1. The zero-order valence-corrected chi connectivity index (χ0v) is 12.1. The Morgan fingerprint density at radius 1 is 1.15 bits per heavy atom. The van der Waals surface area contributed by atoms with Gasteiger partial charge in [-0.1, -0.05) is 48.1 Å². The summed E-state index contributed by atoms with van der Waals surface area (Å²) in [6.45, 7) is 0. The van der Waals surface area contributed by atoms with Crippen LogP contribution in [0.15, 0.2) is 30.3 Å². The van der Waals surface area contributed by atoms with Gasteiger partial charge in [-0.3, -0.25) is 0 Å². The van der Waals surface area contributed by atoms with Crippen molar-refractivity contribution in [3.63, 3.8) is 0 Å². The molecule has 2 saturated carbocycles. The third kappa shape index (κ3) is 2.08. The van der Waals surface area contributed by atoms with E-state index in [1.807, 2.05) is 30.3 Å². The minimum atomic E-state index is 0.145. The Balaban J connectivity index is 1.55. The lowest BCUT2D eigenvalue weighted by Gasteiger charge is -2.22. The zero-order chi connectivity index (χ0) is 13.5. The van der Waals surface area contributed by atoms with Gasteiger partial charge in [0, 0.05) is 6.04 Å². The summed E-state index contributed by atoms with van der Waals surface area (Å²) in [6.07, 6.45) is 5.40. The normalized spacial score (nSPS) is 27.9. The molecule has 0 radical (unpaired) electrons. The number of nitrogens with one attached hydrogen (secondary N) is 1. The second kappa shape index (κ2) is 4.77. The van der Waals surface area contributed by atoms with Gasteiger partial charge in [-0.25, -0.2) is 0 Å². The Morgan fingerprint density at radius 3 is 2.70 bits per heavy atom. The molecule has 0 spiro atoms. The Kier molecular flexibility index (Phi) is 2.91. The van der Waals surface area contributed by atoms with Crippen LogP contribution in [-0.2, 0) is 0 Å². The van der Waals surface area contributed by atoms with Gasteiger partial charge in [-0.15, -0.1) is 0 Å². The summed E-state index contributed by atoms with van der Waals surface area (Å²) in [4.78, 5) is 5.15. The van der Waals surface area contributed by atoms with E-state index in [4.69, 9.17) is 0 Å². The van der Waals surface area contributed by atoms with E-state index in [0.29, 0.717) is 6.04 Å². The molecule has 4 heteroatoms. The second-order valence-electron chi connectivity index (χ2n) is 5.96. The molecule has 2 fully saturated rings. The van der Waals surface area contributed by atoms with Crippen LogP contribution in [0, 0.1) is 11.8 Å². The molecule has 2 N–H and O–H groups in total. The highest BCUT2D eigenvalue weighted by molar-refractivity contribution is 7.19. The third-order valence-electron chi connectivity index (χ3n) is 4.69. The molecule has 4 rings (SSSR count). The van der Waals surface area contributed by atoms with Crippen molar-refractivity contribution in [2.24, 2.45) is 11.8 Å². The number of hydrogen-bond donors (Lipinski definition) is 2. The van der Waals surface area contributed by atoms with Crippen molar-refractivity contribution in [3.8, 4) is 16.3 Å². The van der Waals surface area contributed by atoms with Crippen LogP contribution in [0.25, 0.3) is 10.4 Å². The average Bonchev–Trinajstić information content (AvgIpc) is 3.16. The zero-order valence-electron chi connectivity index (χ0n) is 11.2. The first-order valence-electron chi connectivity index (χ1n) is 7.31. The van der Waals surface area contributed by atoms with Gasteiger partial charge < -0.3 is 10.4 Å². The quantitative estimate of drug-likeness (QED) is 0.892. The largest absolute Gasteiger partial charge is 0.492 e. The molecule has 0 amide bonds. The monoisotopic (exact) mass is 286 g/mol. The van der Waals surface area contributed by atoms with Gasteiger partial charge >= 0.3 is 0 Å². The fourth-order valence-corrected chi connectivity index (χ4v) is 4.66. The molecular formula is C16H18N2OS. The van der Waals surface area contributed by atoms with Crippen molar-refractivity contribution in [1.82, 2.24) is 4.98 Å². The molecule has 2 aliphatic carbocycles. The van der Waals surface area contributed by atoms with Crippen LogP contribution >= 0.6 is 11.3 Å². The lowest BCUT2D eigenvalue weighted by atomic mass is 9.96. The average molecular weight is 286 g/mol. The van der Waals surface area contributed by atoms with E-state index in [9.17, 15) is 5.11 Å². The van der Waals surface area contributed by atoms with E-state index < -0.39 is 0 Å². The highest BCUT2D eigenvalue weighted by atomic mass is 32.1. The molecule has 1 aromatic heterocycles. The summed E-state index contributed by atoms with van der Waals surface area (Å²) in [6, 6.07) is 10.5. The maximum absolute atomic E-state index is 10.0. The van der Waals surface area contributed by atoms with E-state index in [-0.39, 0.29) is 5.88 Å². The van der Waals surface area contributed by atoms with Crippen LogP contribution in [0.3, 0.4) is 0 Å². The predicted molar refractivity (Wildman–Crippen MR) is 82.1 cm³/mol. The standard InChI is InChI=1S/C16H18N2OS/c19-15-14(11-4-2-1-3-5-11)20-16(18-15)17-13-9-10-6-7-12(13)8-10/h1-5,10,12-13,19H,6-9H2,(H,17,18). The number of benzene rings is 1. The van der Waals surface area contributed by atoms with Gasteiger partial charge in [-0.2, -0.15) is 4.98 Å². The maximum Gasteiger partial charge on any atom is 0.232 e. The van der Waals surface area contributed by atoms with E-state index in [0.717, 1.165) is 27.4 Å². The number of thiazole rings is 1. The summed E-state index contributed by atoms with van der Waals surface area (Å²) in [5.74, 6) is 1.87. The van der Waals surface area contributed by atoms with E-state index in [1.165, 1.54) is 25.7 Å². The van der Waals surface area contributed by atoms with Crippen molar-refractivity contribution < 1.29 is 5.11 Å². The van der Waals surface area contributed by atoms with Crippen LogP contribution in [0.1, 0.15) is 25.7 Å². The van der Waals surface area contributed by atoms with Gasteiger partial charge in [0.25, 0.3) is 0 Å². The molecule has 2 aromatic rings. The Labute approximate surface area is 122 Å². The Morgan fingerprint density at radius 2 is 2.00 bits per heavy atom. The van der Waals surface area contributed by atoms with Crippen molar-refractivity contribution >= 4 is 16.5 Å². The molecule has 20 heavy (non-hydrogen) atoms. The number of rotatable bonds is 3. The van der Waals surface area contributed by atoms with Crippen molar-refractivity contribution in [3.05, 3.63) is 30.3 Å². The van der Waals surface area contributed by atoms with Crippen LogP contribution < -0.4 is 5.32 Å². The summed E-state index contributed by atoms with van der Waals surface area (Å²) in [5.41, 5.74) is 1.03. The van der Waals surface area contributed by atoms with Gasteiger partial charge in [0.2, 0.25) is 5.88 Å². The SMILES string of the molecule is Oc1nc(NC2CC3CCC2C3)sc1-c1ccccc1.